The van der Waals surface area contributed by atoms with Crippen molar-refractivity contribution < 1.29 is 14.5 Å². The molecule has 0 unspecified atom stereocenters. The normalized spacial score (nSPS) is 13.2. The first-order valence-corrected chi connectivity index (χ1v) is 9.41. The number of carbonyl (C=O) groups excluding carboxylic acids is 2. The van der Waals surface area contributed by atoms with Gasteiger partial charge in [-0.1, -0.05) is 0 Å². The smallest absolute Gasteiger partial charge is 0.269 e. The Morgan fingerprint density at radius 3 is 2.56 bits per heavy atom. The number of non-ortho nitro benzene ring substituents is 1. The van der Waals surface area contributed by atoms with Crippen molar-refractivity contribution in [2.45, 2.75) is 25.7 Å². The fraction of sp³-hybridized carbons (Fsp3) is 0.263. The van der Waals surface area contributed by atoms with Crippen LogP contribution in [0.15, 0.2) is 30.3 Å². The van der Waals surface area contributed by atoms with Gasteiger partial charge in [-0.2, -0.15) is 0 Å². The molecule has 0 radical (unpaired) electrons. The van der Waals surface area contributed by atoms with Gasteiger partial charge in [-0.05, 0) is 55.0 Å². The number of fused-ring (bicyclic) bond motifs is 1. The summed E-state index contributed by atoms with van der Waals surface area (Å²) in [5.74, 6) is -0.541. The topological polar surface area (TPSA) is 101 Å². The third kappa shape index (κ3) is 4.22. The Labute approximate surface area is 160 Å². The Morgan fingerprint density at radius 2 is 1.89 bits per heavy atom. The van der Waals surface area contributed by atoms with Crippen LogP contribution in [0.2, 0.25) is 0 Å². The van der Waals surface area contributed by atoms with Crippen LogP contribution in [0.4, 0.5) is 10.7 Å². The van der Waals surface area contributed by atoms with E-state index in [1.54, 1.807) is 25.3 Å². The number of amides is 2. The molecule has 1 aromatic heterocycles. The van der Waals surface area contributed by atoms with Crippen LogP contribution in [-0.4, -0.2) is 23.8 Å². The standard InChI is InChI=1S/C19H19N3O4S/c1-20-18(24)17-14-4-2-3-5-15(14)27-19(17)21-16(23)11-8-12-6-9-13(10-7-12)22(25)26/h6-11H,2-5H2,1H3,(H,20,24)(H,21,23)/b11-8-. The lowest BCUT2D eigenvalue weighted by Gasteiger charge is -2.12. The molecule has 27 heavy (non-hydrogen) atoms. The van der Waals surface area contributed by atoms with Crippen LogP contribution in [0.5, 0.6) is 0 Å². The molecule has 0 spiro atoms. The van der Waals surface area contributed by atoms with Gasteiger partial charge < -0.3 is 10.6 Å². The van der Waals surface area contributed by atoms with Crippen LogP contribution in [0, 0.1) is 10.1 Å². The Balaban J connectivity index is 1.76. The van der Waals surface area contributed by atoms with E-state index in [1.807, 2.05) is 0 Å². The Bertz CT molecular complexity index is 916. The molecule has 0 bridgehead atoms. The van der Waals surface area contributed by atoms with E-state index in [1.165, 1.54) is 29.5 Å². The highest BCUT2D eigenvalue weighted by Crippen LogP contribution is 2.38. The number of benzene rings is 1. The number of anilines is 1. The van der Waals surface area contributed by atoms with Gasteiger partial charge in [0.1, 0.15) is 5.00 Å². The number of carbonyl (C=O) groups is 2. The Hall–Kier alpha value is -3.00. The maximum Gasteiger partial charge on any atom is 0.269 e. The number of nitrogens with zero attached hydrogens (tertiary/aromatic N) is 1. The fourth-order valence-corrected chi connectivity index (χ4v) is 4.34. The first-order valence-electron chi connectivity index (χ1n) is 8.59. The quantitative estimate of drug-likeness (QED) is 0.467. The fourth-order valence-electron chi connectivity index (χ4n) is 3.05. The van der Waals surface area contributed by atoms with Crippen molar-refractivity contribution in [3.63, 3.8) is 0 Å². The highest BCUT2D eigenvalue weighted by atomic mass is 32.1. The van der Waals surface area contributed by atoms with Crippen LogP contribution in [0.1, 0.15) is 39.2 Å². The molecule has 1 aromatic carbocycles. The highest BCUT2D eigenvalue weighted by molar-refractivity contribution is 7.17. The number of nitro groups is 1. The predicted octanol–water partition coefficient (Wildman–Crippen LogP) is 3.55. The number of nitrogens with one attached hydrogen (secondary N) is 2. The zero-order chi connectivity index (χ0) is 19.4. The van der Waals surface area contributed by atoms with Gasteiger partial charge in [-0.3, -0.25) is 19.7 Å². The van der Waals surface area contributed by atoms with E-state index in [9.17, 15) is 19.7 Å². The second kappa shape index (κ2) is 8.13. The molecule has 8 heteroatoms. The zero-order valence-corrected chi connectivity index (χ0v) is 15.6. The van der Waals surface area contributed by atoms with Crippen molar-refractivity contribution in [1.82, 2.24) is 5.32 Å². The second-order valence-corrected chi connectivity index (χ2v) is 7.27. The van der Waals surface area contributed by atoms with Crippen LogP contribution in [0.25, 0.3) is 6.08 Å². The minimum Gasteiger partial charge on any atom is -0.355 e. The van der Waals surface area contributed by atoms with Gasteiger partial charge in [-0.15, -0.1) is 11.3 Å². The summed E-state index contributed by atoms with van der Waals surface area (Å²) in [5, 5.41) is 16.7. The SMILES string of the molecule is CNC(=O)c1c(NC(=O)/C=C\c2ccc([N+](=O)[O-])cc2)sc2c1CCCC2. The van der Waals surface area contributed by atoms with Gasteiger partial charge in [0.25, 0.3) is 11.6 Å². The molecule has 2 amide bonds. The van der Waals surface area contributed by atoms with Crippen LogP contribution >= 0.6 is 11.3 Å². The summed E-state index contributed by atoms with van der Waals surface area (Å²) in [6.07, 6.45) is 6.84. The van der Waals surface area contributed by atoms with E-state index in [2.05, 4.69) is 10.6 Å². The molecule has 0 atom stereocenters. The molecule has 1 aliphatic rings. The van der Waals surface area contributed by atoms with E-state index in [0.717, 1.165) is 36.1 Å². The summed E-state index contributed by atoms with van der Waals surface area (Å²) < 4.78 is 0. The number of hydrogen-bond acceptors (Lipinski definition) is 5. The molecule has 7 nitrogen and oxygen atoms in total. The minimum absolute atomic E-state index is 0.00372. The first-order chi connectivity index (χ1) is 13.0. The van der Waals surface area contributed by atoms with Gasteiger partial charge in [0.15, 0.2) is 0 Å². The lowest BCUT2D eigenvalue weighted by atomic mass is 9.95. The van der Waals surface area contributed by atoms with Gasteiger partial charge in [0.05, 0.1) is 10.5 Å². The van der Waals surface area contributed by atoms with Crippen LogP contribution in [-0.2, 0) is 17.6 Å². The number of hydrogen-bond donors (Lipinski definition) is 2. The van der Waals surface area contributed by atoms with Crippen LogP contribution in [0.3, 0.4) is 0 Å². The molecule has 140 valence electrons. The average molecular weight is 385 g/mol. The Morgan fingerprint density at radius 1 is 1.19 bits per heavy atom. The lowest BCUT2D eigenvalue weighted by Crippen LogP contribution is -2.21. The molecular weight excluding hydrogens is 366 g/mol. The summed E-state index contributed by atoms with van der Waals surface area (Å²) >= 11 is 1.46. The van der Waals surface area contributed by atoms with E-state index < -0.39 is 4.92 Å². The molecule has 0 saturated heterocycles. The van der Waals surface area contributed by atoms with Crippen molar-refractivity contribution in [2.24, 2.45) is 0 Å². The molecule has 3 rings (SSSR count). The van der Waals surface area contributed by atoms with Crippen molar-refractivity contribution in [2.75, 3.05) is 12.4 Å². The lowest BCUT2D eigenvalue weighted by molar-refractivity contribution is -0.384. The first kappa shape index (κ1) is 18.8. The molecule has 0 saturated carbocycles. The minimum atomic E-state index is -0.473. The molecular formula is C19H19N3O4S. The van der Waals surface area contributed by atoms with E-state index in [0.29, 0.717) is 16.1 Å². The van der Waals surface area contributed by atoms with Crippen molar-refractivity contribution in [1.29, 1.82) is 0 Å². The maximum absolute atomic E-state index is 12.3. The summed E-state index contributed by atoms with van der Waals surface area (Å²) in [7, 11) is 1.58. The summed E-state index contributed by atoms with van der Waals surface area (Å²) in [6, 6.07) is 5.91. The van der Waals surface area contributed by atoms with E-state index >= 15 is 0 Å². The van der Waals surface area contributed by atoms with Crippen molar-refractivity contribution in [3.8, 4) is 0 Å². The van der Waals surface area contributed by atoms with Crippen LogP contribution < -0.4 is 10.6 Å². The van der Waals surface area contributed by atoms with E-state index in [-0.39, 0.29) is 17.5 Å². The summed E-state index contributed by atoms with van der Waals surface area (Å²) in [6.45, 7) is 0. The highest BCUT2D eigenvalue weighted by Gasteiger charge is 2.25. The molecule has 2 N–H and O–H groups in total. The number of rotatable bonds is 5. The van der Waals surface area contributed by atoms with Gasteiger partial charge in [0.2, 0.25) is 5.91 Å². The number of nitro benzene ring substituents is 1. The molecule has 0 fully saturated rings. The molecule has 0 aliphatic heterocycles. The third-order valence-electron chi connectivity index (χ3n) is 4.39. The average Bonchev–Trinajstić information content (AvgIpc) is 3.03. The summed E-state index contributed by atoms with van der Waals surface area (Å²) in [5.41, 5.74) is 2.28. The second-order valence-electron chi connectivity index (χ2n) is 6.17. The monoisotopic (exact) mass is 385 g/mol. The third-order valence-corrected chi connectivity index (χ3v) is 5.60. The maximum atomic E-state index is 12.3. The molecule has 1 heterocycles. The zero-order valence-electron chi connectivity index (χ0n) is 14.8. The number of thiophene rings is 1. The largest absolute Gasteiger partial charge is 0.355 e. The molecule has 2 aromatic rings. The van der Waals surface area contributed by atoms with Crippen molar-refractivity contribution >= 4 is 39.9 Å². The van der Waals surface area contributed by atoms with Crippen molar-refractivity contribution in [3.05, 3.63) is 62.0 Å². The summed E-state index contributed by atoms with van der Waals surface area (Å²) in [4.78, 5) is 35.9. The predicted molar refractivity (Wildman–Crippen MR) is 105 cm³/mol. The van der Waals surface area contributed by atoms with Gasteiger partial charge >= 0.3 is 0 Å². The van der Waals surface area contributed by atoms with Gasteiger partial charge in [-0.25, -0.2) is 0 Å². The number of aryl methyl sites for hydroxylation is 1. The molecule has 1 aliphatic carbocycles. The van der Waals surface area contributed by atoms with Gasteiger partial charge in [0, 0.05) is 30.1 Å². The Kier molecular flexibility index (Phi) is 5.66. The van der Waals surface area contributed by atoms with E-state index in [4.69, 9.17) is 0 Å².